The number of benzene rings is 1. The van der Waals surface area contributed by atoms with Gasteiger partial charge < -0.3 is 9.30 Å². The number of ketones is 1. The van der Waals surface area contributed by atoms with Crippen LogP contribution in [0.2, 0.25) is 5.02 Å². The molecule has 0 amide bonds. The third-order valence-corrected chi connectivity index (χ3v) is 3.06. The second kappa shape index (κ2) is 4.82. The van der Waals surface area contributed by atoms with Crippen LogP contribution in [0.25, 0.3) is 10.9 Å². The zero-order valence-electron chi connectivity index (χ0n) is 10.1. The monoisotopic (exact) mass is 265 g/mol. The maximum Gasteiger partial charge on any atom is 0.313 e. The van der Waals surface area contributed by atoms with Crippen LogP contribution in [0.3, 0.4) is 0 Å². The number of methoxy groups -OCH3 is 1. The third kappa shape index (κ3) is 2.24. The Labute approximate surface area is 109 Å². The molecule has 0 spiro atoms. The van der Waals surface area contributed by atoms with E-state index in [0.29, 0.717) is 10.7 Å². The van der Waals surface area contributed by atoms with Gasteiger partial charge in [-0.1, -0.05) is 11.6 Å². The average molecular weight is 266 g/mol. The second-order valence-corrected chi connectivity index (χ2v) is 4.40. The van der Waals surface area contributed by atoms with Gasteiger partial charge in [0.05, 0.1) is 12.8 Å². The Bertz CT molecular complexity index is 630. The first-order valence-corrected chi connectivity index (χ1v) is 5.75. The van der Waals surface area contributed by atoms with Crippen LogP contribution in [0.1, 0.15) is 16.9 Å². The third-order valence-electron chi connectivity index (χ3n) is 2.82. The number of hydrogen-bond donors (Lipinski definition) is 0. The number of aryl methyl sites for hydroxylation is 1. The summed E-state index contributed by atoms with van der Waals surface area (Å²) in [5, 5.41) is 1.48. The van der Waals surface area contributed by atoms with Crippen molar-refractivity contribution in [1.29, 1.82) is 0 Å². The predicted molar refractivity (Wildman–Crippen MR) is 68.9 cm³/mol. The predicted octanol–water partition coefficient (Wildman–Crippen LogP) is 2.58. The van der Waals surface area contributed by atoms with E-state index in [0.717, 1.165) is 10.9 Å². The van der Waals surface area contributed by atoms with E-state index in [-0.39, 0.29) is 12.2 Å². The highest BCUT2D eigenvalue weighted by Gasteiger charge is 2.17. The Kier molecular flexibility index (Phi) is 3.39. The number of carbonyl (C=O) groups excluding carboxylic acids is 2. The van der Waals surface area contributed by atoms with Crippen LogP contribution in [-0.4, -0.2) is 23.4 Å². The lowest BCUT2D eigenvalue weighted by Gasteiger charge is -2.02. The summed E-state index contributed by atoms with van der Waals surface area (Å²) in [5.74, 6) is -0.806. The number of esters is 1. The van der Waals surface area contributed by atoms with E-state index < -0.39 is 5.97 Å². The van der Waals surface area contributed by atoms with Crippen molar-refractivity contribution in [3.63, 3.8) is 0 Å². The summed E-state index contributed by atoms with van der Waals surface area (Å²) in [7, 11) is 3.04. The van der Waals surface area contributed by atoms with Gasteiger partial charge in [-0.2, -0.15) is 0 Å². The highest BCUT2D eigenvalue weighted by atomic mass is 35.5. The molecule has 18 heavy (non-hydrogen) atoms. The number of Topliss-reactive ketones (excluding diaryl/α,β-unsaturated/α-hetero) is 1. The lowest BCUT2D eigenvalue weighted by Crippen LogP contribution is -2.12. The maximum atomic E-state index is 11.9. The Morgan fingerprint density at radius 3 is 2.72 bits per heavy atom. The van der Waals surface area contributed by atoms with E-state index >= 15 is 0 Å². The second-order valence-electron chi connectivity index (χ2n) is 3.97. The van der Waals surface area contributed by atoms with Gasteiger partial charge in [0.15, 0.2) is 5.78 Å². The van der Waals surface area contributed by atoms with Crippen molar-refractivity contribution in [2.24, 2.45) is 7.05 Å². The molecule has 2 aromatic rings. The number of aromatic nitrogens is 1. The van der Waals surface area contributed by atoms with Crippen molar-refractivity contribution in [3.8, 4) is 0 Å². The molecule has 0 saturated heterocycles. The molecule has 0 atom stereocenters. The zero-order valence-corrected chi connectivity index (χ0v) is 10.8. The van der Waals surface area contributed by atoms with Crippen LogP contribution in [0.5, 0.6) is 0 Å². The first-order valence-electron chi connectivity index (χ1n) is 5.38. The van der Waals surface area contributed by atoms with Crippen molar-refractivity contribution in [3.05, 3.63) is 35.0 Å². The normalized spacial score (nSPS) is 10.6. The van der Waals surface area contributed by atoms with Gasteiger partial charge in [-0.3, -0.25) is 9.59 Å². The topological polar surface area (TPSA) is 48.3 Å². The SMILES string of the molecule is COC(=O)CC(=O)c1cc2cc(Cl)ccc2n1C. The molecular weight excluding hydrogens is 254 g/mol. The van der Waals surface area contributed by atoms with Gasteiger partial charge in [0.2, 0.25) is 0 Å². The smallest absolute Gasteiger partial charge is 0.313 e. The summed E-state index contributed by atoms with van der Waals surface area (Å²) in [5.41, 5.74) is 1.37. The van der Waals surface area contributed by atoms with E-state index in [1.807, 2.05) is 6.07 Å². The number of nitrogens with zero attached hydrogens (tertiary/aromatic N) is 1. The lowest BCUT2D eigenvalue weighted by atomic mass is 10.2. The number of hydrogen-bond acceptors (Lipinski definition) is 3. The van der Waals surface area contributed by atoms with Gasteiger partial charge in [0, 0.05) is 23.0 Å². The summed E-state index contributed by atoms with van der Waals surface area (Å²) in [4.78, 5) is 23.0. The summed E-state index contributed by atoms with van der Waals surface area (Å²) >= 11 is 5.90. The largest absolute Gasteiger partial charge is 0.469 e. The molecule has 0 aliphatic heterocycles. The minimum atomic E-state index is -0.539. The number of fused-ring (bicyclic) bond motifs is 1. The van der Waals surface area contributed by atoms with Gasteiger partial charge in [-0.25, -0.2) is 0 Å². The first kappa shape index (κ1) is 12.6. The van der Waals surface area contributed by atoms with Crippen LogP contribution in [-0.2, 0) is 16.6 Å². The first-order chi connectivity index (χ1) is 8.52. The summed E-state index contributed by atoms with van der Waals surface area (Å²) in [6.07, 6.45) is -0.256. The number of carbonyl (C=O) groups is 2. The maximum absolute atomic E-state index is 11.9. The Balaban J connectivity index is 2.42. The molecule has 2 rings (SSSR count). The molecule has 4 nitrogen and oxygen atoms in total. The Hall–Kier alpha value is -1.81. The molecule has 0 bridgehead atoms. The summed E-state index contributed by atoms with van der Waals surface area (Å²) in [6, 6.07) is 7.11. The number of rotatable bonds is 3. The fraction of sp³-hybridized carbons (Fsp3) is 0.231. The molecular formula is C13H12ClNO3. The quantitative estimate of drug-likeness (QED) is 0.487. The van der Waals surface area contributed by atoms with Crippen LogP contribution < -0.4 is 0 Å². The zero-order chi connectivity index (χ0) is 13.3. The van der Waals surface area contributed by atoms with Crippen LogP contribution in [0.15, 0.2) is 24.3 Å². The Morgan fingerprint density at radius 1 is 1.33 bits per heavy atom. The fourth-order valence-corrected chi connectivity index (χ4v) is 2.06. The van der Waals surface area contributed by atoms with Crippen molar-refractivity contribution < 1.29 is 14.3 Å². The van der Waals surface area contributed by atoms with E-state index in [2.05, 4.69) is 4.74 Å². The van der Waals surface area contributed by atoms with E-state index in [4.69, 9.17) is 11.6 Å². The lowest BCUT2D eigenvalue weighted by molar-refractivity contribution is -0.139. The molecule has 0 radical (unpaired) electrons. The van der Waals surface area contributed by atoms with Gasteiger partial charge in [-0.05, 0) is 24.3 Å². The number of halogens is 1. The molecule has 0 aliphatic carbocycles. The number of ether oxygens (including phenoxy) is 1. The van der Waals surface area contributed by atoms with Gasteiger partial charge in [-0.15, -0.1) is 0 Å². The van der Waals surface area contributed by atoms with E-state index in [1.54, 1.807) is 29.8 Å². The molecule has 0 fully saturated rings. The molecule has 0 saturated carbocycles. The van der Waals surface area contributed by atoms with Crippen molar-refractivity contribution in [2.75, 3.05) is 7.11 Å². The molecule has 1 aromatic carbocycles. The minimum absolute atomic E-state index is 0.256. The highest BCUT2D eigenvalue weighted by Crippen LogP contribution is 2.23. The fourth-order valence-electron chi connectivity index (χ4n) is 1.88. The molecule has 94 valence electrons. The molecule has 0 N–H and O–H groups in total. The molecule has 1 heterocycles. The minimum Gasteiger partial charge on any atom is -0.469 e. The van der Waals surface area contributed by atoms with Crippen LogP contribution >= 0.6 is 11.6 Å². The summed E-state index contributed by atoms with van der Waals surface area (Å²) < 4.78 is 6.23. The van der Waals surface area contributed by atoms with Gasteiger partial charge >= 0.3 is 5.97 Å². The van der Waals surface area contributed by atoms with E-state index in [1.165, 1.54) is 7.11 Å². The van der Waals surface area contributed by atoms with Crippen molar-refractivity contribution >= 4 is 34.3 Å². The van der Waals surface area contributed by atoms with Crippen molar-refractivity contribution in [2.45, 2.75) is 6.42 Å². The Morgan fingerprint density at radius 2 is 2.06 bits per heavy atom. The average Bonchev–Trinajstić information content (AvgIpc) is 2.66. The highest BCUT2D eigenvalue weighted by molar-refractivity contribution is 6.31. The van der Waals surface area contributed by atoms with Crippen molar-refractivity contribution in [1.82, 2.24) is 4.57 Å². The van der Waals surface area contributed by atoms with Gasteiger partial charge in [0.1, 0.15) is 6.42 Å². The molecule has 5 heteroatoms. The summed E-state index contributed by atoms with van der Waals surface area (Å²) in [6.45, 7) is 0. The van der Waals surface area contributed by atoms with Gasteiger partial charge in [0.25, 0.3) is 0 Å². The molecule has 0 aliphatic rings. The van der Waals surface area contributed by atoms with Crippen LogP contribution in [0.4, 0.5) is 0 Å². The molecule has 0 unspecified atom stereocenters. The standard InChI is InChI=1S/C13H12ClNO3/c1-15-10-4-3-9(14)5-8(10)6-11(15)12(16)7-13(17)18-2/h3-6H,7H2,1-2H3. The van der Waals surface area contributed by atoms with Crippen LogP contribution in [0, 0.1) is 0 Å². The van der Waals surface area contributed by atoms with E-state index in [9.17, 15) is 9.59 Å². The molecule has 1 aromatic heterocycles.